The summed E-state index contributed by atoms with van der Waals surface area (Å²) in [6.07, 6.45) is 4.87. The number of thioether (sulfide) groups is 1. The molecule has 0 aliphatic rings. The van der Waals surface area contributed by atoms with Gasteiger partial charge in [-0.15, -0.1) is 0 Å². The van der Waals surface area contributed by atoms with Gasteiger partial charge in [-0.05, 0) is 18.4 Å². The molecule has 8 heteroatoms. The smallest absolute Gasteiger partial charge is 0.331 e. The Hall–Kier alpha value is -2.22. The van der Waals surface area contributed by atoms with Crippen LogP contribution in [0.25, 0.3) is 0 Å². The first-order chi connectivity index (χ1) is 10.0. The first kappa shape index (κ1) is 15.2. The summed E-state index contributed by atoms with van der Waals surface area (Å²) < 4.78 is 6.83. The molecule has 0 spiro atoms. The highest BCUT2D eigenvalue weighted by Gasteiger charge is 2.25. The average Bonchev–Trinajstić information content (AvgIpc) is 3.05. The number of amides is 1. The topological polar surface area (TPSA) is 97.4 Å². The van der Waals surface area contributed by atoms with Crippen LogP contribution in [-0.2, 0) is 17.6 Å². The molecule has 1 atom stereocenters. The second-order valence-corrected chi connectivity index (χ2v) is 5.26. The Bertz CT molecular complexity index is 649. The van der Waals surface area contributed by atoms with Crippen molar-refractivity contribution < 1.29 is 19.1 Å². The van der Waals surface area contributed by atoms with Crippen LogP contribution in [0.1, 0.15) is 27.9 Å². The summed E-state index contributed by atoms with van der Waals surface area (Å²) in [5.41, 5.74) is 0.397. The van der Waals surface area contributed by atoms with Crippen molar-refractivity contribution >= 4 is 23.6 Å². The van der Waals surface area contributed by atoms with Gasteiger partial charge < -0.3 is 14.8 Å². The molecule has 2 aromatic heterocycles. The number of rotatable bonds is 6. The van der Waals surface area contributed by atoms with Crippen molar-refractivity contribution in [3.8, 4) is 0 Å². The van der Waals surface area contributed by atoms with Gasteiger partial charge in [-0.2, -0.15) is 16.9 Å². The van der Waals surface area contributed by atoms with Crippen LogP contribution in [0.4, 0.5) is 0 Å². The van der Waals surface area contributed by atoms with Crippen LogP contribution < -0.4 is 5.32 Å². The van der Waals surface area contributed by atoms with Gasteiger partial charge in [-0.3, -0.25) is 9.48 Å². The molecule has 2 heterocycles. The number of aryl methyl sites for hydroxylation is 1. The molecule has 1 amide bonds. The molecule has 0 radical (unpaired) electrons. The number of hydrogen-bond donors (Lipinski definition) is 2. The SMILES string of the molecule is CSCc1ccc(C(=O)NC(C(=O)O)c2cnn(C)c2)o1. The molecule has 0 fully saturated rings. The second-order valence-electron chi connectivity index (χ2n) is 4.39. The average molecular weight is 309 g/mol. The zero-order valence-electron chi connectivity index (χ0n) is 11.6. The number of aromatic nitrogens is 2. The van der Waals surface area contributed by atoms with Gasteiger partial charge in [0.25, 0.3) is 5.91 Å². The fourth-order valence-electron chi connectivity index (χ4n) is 1.80. The fourth-order valence-corrected chi connectivity index (χ4v) is 2.24. The van der Waals surface area contributed by atoms with Crippen LogP contribution in [0, 0.1) is 0 Å². The molecule has 21 heavy (non-hydrogen) atoms. The summed E-state index contributed by atoms with van der Waals surface area (Å²) in [4.78, 5) is 23.4. The molecule has 0 aromatic carbocycles. The van der Waals surface area contributed by atoms with Crippen molar-refractivity contribution in [2.45, 2.75) is 11.8 Å². The standard InChI is InChI=1S/C13H15N3O4S/c1-16-6-8(5-14-16)11(13(18)19)15-12(17)10-4-3-9(20-10)7-21-2/h3-6,11H,7H2,1-2H3,(H,15,17)(H,18,19). The van der Waals surface area contributed by atoms with E-state index in [4.69, 9.17) is 4.42 Å². The van der Waals surface area contributed by atoms with Crippen LogP contribution in [0.2, 0.25) is 0 Å². The minimum atomic E-state index is -1.17. The predicted molar refractivity (Wildman–Crippen MR) is 77.0 cm³/mol. The lowest BCUT2D eigenvalue weighted by Crippen LogP contribution is -2.33. The van der Waals surface area contributed by atoms with Crippen molar-refractivity contribution in [2.24, 2.45) is 7.05 Å². The van der Waals surface area contributed by atoms with Crippen LogP contribution in [0.5, 0.6) is 0 Å². The van der Waals surface area contributed by atoms with E-state index < -0.39 is 17.9 Å². The number of carboxylic acid groups (broad SMARTS) is 1. The van der Waals surface area contributed by atoms with Crippen LogP contribution in [0.3, 0.4) is 0 Å². The molecular formula is C13H15N3O4S. The Morgan fingerprint density at radius 2 is 2.29 bits per heavy atom. The van der Waals surface area contributed by atoms with Crippen molar-refractivity contribution in [2.75, 3.05) is 6.26 Å². The van der Waals surface area contributed by atoms with Gasteiger partial charge in [0.05, 0.1) is 11.9 Å². The number of carboxylic acids is 1. The molecular weight excluding hydrogens is 294 g/mol. The third-order valence-electron chi connectivity index (χ3n) is 2.75. The van der Waals surface area contributed by atoms with E-state index in [9.17, 15) is 14.7 Å². The van der Waals surface area contributed by atoms with E-state index in [1.54, 1.807) is 31.1 Å². The van der Waals surface area contributed by atoms with Gasteiger partial charge in [-0.1, -0.05) is 0 Å². The summed E-state index contributed by atoms with van der Waals surface area (Å²) in [5, 5.41) is 15.6. The highest BCUT2D eigenvalue weighted by atomic mass is 32.2. The molecule has 112 valence electrons. The Balaban J connectivity index is 2.12. The van der Waals surface area contributed by atoms with Crippen molar-refractivity contribution in [1.82, 2.24) is 15.1 Å². The summed E-state index contributed by atoms with van der Waals surface area (Å²) in [6.45, 7) is 0. The van der Waals surface area contributed by atoms with E-state index in [1.165, 1.54) is 16.9 Å². The Morgan fingerprint density at radius 1 is 1.52 bits per heavy atom. The summed E-state index contributed by atoms with van der Waals surface area (Å²) in [5.74, 6) is -0.320. The monoisotopic (exact) mass is 309 g/mol. The third kappa shape index (κ3) is 3.66. The third-order valence-corrected chi connectivity index (χ3v) is 3.33. The number of furan rings is 1. The van der Waals surface area contributed by atoms with Gasteiger partial charge in [0.1, 0.15) is 5.76 Å². The number of carbonyl (C=O) groups is 2. The highest BCUT2D eigenvalue weighted by molar-refractivity contribution is 7.97. The van der Waals surface area contributed by atoms with E-state index in [0.29, 0.717) is 17.1 Å². The van der Waals surface area contributed by atoms with Gasteiger partial charge in [0, 0.05) is 18.8 Å². The van der Waals surface area contributed by atoms with E-state index in [1.807, 2.05) is 6.26 Å². The molecule has 0 aliphatic heterocycles. The maximum absolute atomic E-state index is 12.1. The largest absolute Gasteiger partial charge is 0.479 e. The van der Waals surface area contributed by atoms with Crippen LogP contribution >= 0.6 is 11.8 Å². The summed E-state index contributed by atoms with van der Waals surface area (Å²) >= 11 is 1.57. The quantitative estimate of drug-likeness (QED) is 0.838. The van der Waals surface area contributed by atoms with Crippen LogP contribution in [-0.4, -0.2) is 33.0 Å². The lowest BCUT2D eigenvalue weighted by Gasteiger charge is -2.11. The van der Waals surface area contributed by atoms with Crippen molar-refractivity contribution in [1.29, 1.82) is 0 Å². The molecule has 1 unspecified atom stereocenters. The molecule has 0 saturated carbocycles. The van der Waals surface area contributed by atoms with E-state index >= 15 is 0 Å². The van der Waals surface area contributed by atoms with E-state index in [-0.39, 0.29) is 5.76 Å². The van der Waals surface area contributed by atoms with Gasteiger partial charge in [0.2, 0.25) is 0 Å². The van der Waals surface area contributed by atoms with Gasteiger partial charge in [-0.25, -0.2) is 4.79 Å². The minimum Gasteiger partial charge on any atom is -0.479 e. The highest BCUT2D eigenvalue weighted by Crippen LogP contribution is 2.16. The Morgan fingerprint density at radius 3 is 2.86 bits per heavy atom. The van der Waals surface area contributed by atoms with Crippen molar-refractivity contribution in [3.05, 3.63) is 41.6 Å². The summed E-state index contributed by atoms with van der Waals surface area (Å²) in [6, 6.07) is 2.06. The molecule has 0 aliphatic carbocycles. The van der Waals surface area contributed by atoms with Gasteiger partial charge >= 0.3 is 5.97 Å². The van der Waals surface area contributed by atoms with Gasteiger partial charge in [0.15, 0.2) is 11.8 Å². The van der Waals surface area contributed by atoms with Crippen molar-refractivity contribution in [3.63, 3.8) is 0 Å². The normalized spacial score (nSPS) is 12.1. The second kappa shape index (κ2) is 6.49. The summed E-state index contributed by atoms with van der Waals surface area (Å²) in [7, 11) is 1.67. The minimum absolute atomic E-state index is 0.0918. The first-order valence-electron chi connectivity index (χ1n) is 6.11. The maximum Gasteiger partial charge on any atom is 0.331 e. The number of nitrogens with one attached hydrogen (secondary N) is 1. The number of carbonyl (C=O) groups excluding carboxylic acids is 1. The first-order valence-corrected chi connectivity index (χ1v) is 7.50. The molecule has 2 rings (SSSR count). The molecule has 2 N–H and O–H groups in total. The fraction of sp³-hybridized carbons (Fsp3) is 0.308. The maximum atomic E-state index is 12.1. The zero-order chi connectivity index (χ0) is 15.4. The molecule has 2 aromatic rings. The zero-order valence-corrected chi connectivity index (χ0v) is 12.4. The Labute approximate surface area is 125 Å². The molecule has 0 bridgehead atoms. The van der Waals surface area contributed by atoms with Crippen LogP contribution in [0.15, 0.2) is 28.9 Å². The Kier molecular flexibility index (Phi) is 4.69. The van der Waals surface area contributed by atoms with E-state index in [0.717, 1.165) is 0 Å². The number of nitrogens with zero attached hydrogens (tertiary/aromatic N) is 2. The van der Waals surface area contributed by atoms with E-state index in [2.05, 4.69) is 10.4 Å². The lowest BCUT2D eigenvalue weighted by atomic mass is 10.1. The number of hydrogen-bond acceptors (Lipinski definition) is 5. The molecule has 0 saturated heterocycles. The molecule has 7 nitrogen and oxygen atoms in total. The predicted octanol–water partition coefficient (Wildman–Crippen LogP) is 1.43. The lowest BCUT2D eigenvalue weighted by molar-refractivity contribution is -0.139. The number of aliphatic carboxylic acids is 1.